The van der Waals surface area contributed by atoms with Crippen molar-refractivity contribution in [3.63, 3.8) is 0 Å². The summed E-state index contributed by atoms with van der Waals surface area (Å²) in [6.07, 6.45) is 26.3. The fourth-order valence-corrected chi connectivity index (χ4v) is 9.81. The number of aliphatic imine (C=N–C) groups is 1. The van der Waals surface area contributed by atoms with Crippen LogP contribution in [0.4, 0.5) is 0 Å². The van der Waals surface area contributed by atoms with Crippen LogP contribution < -0.4 is 0 Å². The van der Waals surface area contributed by atoms with Crippen molar-refractivity contribution in [1.29, 1.82) is 0 Å². The molecule has 0 aliphatic carbocycles. The monoisotopic (exact) mass is 1430 g/mol. The van der Waals surface area contributed by atoms with Crippen molar-refractivity contribution in [1.82, 2.24) is 93.3 Å². The molecule has 10 aromatic rings. The molecular formula is C77H130N20O2S2. The molecule has 0 bridgehead atoms. The van der Waals surface area contributed by atoms with E-state index in [4.69, 9.17) is 8.83 Å². The van der Waals surface area contributed by atoms with Gasteiger partial charge in [-0.1, -0.05) is 184 Å². The highest BCUT2D eigenvalue weighted by molar-refractivity contribution is 7.11. The second-order valence-electron chi connectivity index (χ2n) is 30.4. The van der Waals surface area contributed by atoms with Gasteiger partial charge in [-0.05, 0) is 66.4 Å². The molecule has 0 N–H and O–H groups in total. The van der Waals surface area contributed by atoms with E-state index in [0.717, 1.165) is 52.9 Å². The lowest BCUT2D eigenvalue weighted by Crippen LogP contribution is -2.11. The summed E-state index contributed by atoms with van der Waals surface area (Å²) in [6, 6.07) is 0. The Morgan fingerprint density at radius 1 is 0.475 bits per heavy atom. The highest BCUT2D eigenvalue weighted by Crippen LogP contribution is 2.26. The molecule has 0 atom stereocenters. The molecule has 11 rings (SSSR count). The maximum absolute atomic E-state index is 5.23. The molecule has 22 nitrogen and oxygen atoms in total. The first-order valence-electron chi connectivity index (χ1n) is 35.1. The van der Waals surface area contributed by atoms with Crippen molar-refractivity contribution < 1.29 is 8.83 Å². The predicted octanol–water partition coefficient (Wildman–Crippen LogP) is 19.2. The lowest BCUT2D eigenvalue weighted by Gasteiger charge is -2.16. The molecule has 0 saturated heterocycles. The SMILES string of the molecule is CC(C)(C)C1=CCN=C1.CC(C)c1cncn1C.CC(C)c1cnco1.CC(C)c1cncs1.CC(C)c1nncn1C.Cc1ncc(C(C)C)n1C.Cc1ncc(C(C)C)o1.Cc1ncc(C(C)C)s1.Cc1nnc(C(C)C)n1C.Cn1cc(C(C)(C)C)cn1.Cn1cc(C(C)(C)C)nn1. The number of thiazole rings is 2. The van der Waals surface area contributed by atoms with Gasteiger partial charge in [0.05, 0.1) is 47.7 Å². The first kappa shape index (κ1) is 91.2. The highest BCUT2D eigenvalue weighted by atomic mass is 32.1. The van der Waals surface area contributed by atoms with Crippen molar-refractivity contribution in [3.8, 4) is 0 Å². The topological polar surface area (TPSA) is 236 Å². The van der Waals surface area contributed by atoms with Gasteiger partial charge < -0.3 is 27.1 Å². The number of aryl methyl sites for hydroxylation is 8. The molecule has 24 heteroatoms. The maximum Gasteiger partial charge on any atom is 0.191 e. The molecule has 0 spiro atoms. The zero-order valence-corrected chi connectivity index (χ0v) is 70.2. The van der Waals surface area contributed by atoms with E-state index in [9.17, 15) is 0 Å². The van der Waals surface area contributed by atoms with E-state index in [1.807, 2.05) is 137 Å². The van der Waals surface area contributed by atoms with Crippen molar-refractivity contribution in [2.45, 2.75) is 259 Å². The molecule has 0 fully saturated rings. The number of rotatable bonds is 8. The zero-order chi connectivity index (χ0) is 77.3. The number of aromatic nitrogens is 19. The number of nitrogens with zero attached hydrogens (tertiary/aromatic N) is 20. The van der Waals surface area contributed by atoms with Gasteiger partial charge in [0.1, 0.15) is 41.1 Å². The Kier molecular flexibility index (Phi) is 40.2. The van der Waals surface area contributed by atoms with E-state index in [2.05, 4.69) is 268 Å². The summed E-state index contributed by atoms with van der Waals surface area (Å²) in [5.74, 6) is 11.1. The Morgan fingerprint density at radius 2 is 1.09 bits per heavy atom. The summed E-state index contributed by atoms with van der Waals surface area (Å²) >= 11 is 3.50. The molecule has 0 aromatic carbocycles. The van der Waals surface area contributed by atoms with Crippen LogP contribution in [0.15, 0.2) is 106 Å². The third kappa shape index (κ3) is 35.5. The van der Waals surface area contributed by atoms with Gasteiger partial charge in [-0.15, -0.1) is 48.2 Å². The molecular weight excluding hydrogens is 1300 g/mol. The van der Waals surface area contributed by atoms with Crippen molar-refractivity contribution in [2.75, 3.05) is 6.54 Å². The first-order valence-corrected chi connectivity index (χ1v) is 36.8. The Bertz CT molecular complexity index is 3580. The summed E-state index contributed by atoms with van der Waals surface area (Å²) in [5, 5.41) is 28.8. The summed E-state index contributed by atoms with van der Waals surface area (Å²) in [4.78, 5) is 30.9. The Balaban J connectivity index is 0.000000556. The third-order valence-corrected chi connectivity index (χ3v) is 17.4. The first-order chi connectivity index (χ1) is 46.8. The van der Waals surface area contributed by atoms with E-state index in [1.165, 1.54) is 43.7 Å². The molecule has 0 amide bonds. The van der Waals surface area contributed by atoms with E-state index >= 15 is 0 Å². The van der Waals surface area contributed by atoms with Gasteiger partial charge in [-0.3, -0.25) is 19.3 Å². The van der Waals surface area contributed by atoms with Crippen LogP contribution in [-0.2, 0) is 53.1 Å². The van der Waals surface area contributed by atoms with Gasteiger partial charge in [-0.25, -0.2) is 24.9 Å². The van der Waals surface area contributed by atoms with Crippen molar-refractivity contribution in [3.05, 3.63) is 170 Å². The minimum absolute atomic E-state index is 0.119. The Hall–Kier alpha value is -7.86. The third-order valence-electron chi connectivity index (χ3n) is 15.1. The van der Waals surface area contributed by atoms with Crippen LogP contribution in [-0.4, -0.2) is 106 Å². The minimum Gasteiger partial charge on any atom is -0.448 e. The quantitative estimate of drug-likeness (QED) is 0.137. The van der Waals surface area contributed by atoms with Crippen LogP contribution in [0, 0.1) is 33.1 Å². The standard InChI is InChI=1S/2C8H14N2.C8H13N.2C7H13N3.C7H12N2.C7H11NO.C7H11NS.C6H11N3.C6H9NO.C6H9NS/c1-8(2,3)7-5-9-10(4)6-7;1-6(2)8-5-9-7(3)10(8)4;1-8(2,3)7-4-5-9-6-7;1-7(2,3)6-5-10(4)9-8-6;1-5(2)7-9-8-6(3)10(7)4;1-6(2)7-4-8-5-9(7)3;2*1-5(2)7-4-8-6(3)9-7;1-5(2)6-8-7-4-9(6)3;2*1-5(2)6-3-7-4-8-6/h2*5-6H,1-4H3;4,6H,5H2,1-3H3;2*5H,1-4H3;4-6H,1-3H3;3*4-5H,1-3H3;2*3-5H,1-2H3. The number of imidazole rings is 2. The number of hydrogen-bond acceptors (Lipinski definition) is 18. The van der Waals surface area contributed by atoms with Crippen LogP contribution in [0.2, 0.25) is 0 Å². The maximum atomic E-state index is 5.23. The lowest BCUT2D eigenvalue weighted by atomic mass is 9.88. The number of oxazole rings is 2. The Labute approximate surface area is 616 Å². The smallest absolute Gasteiger partial charge is 0.191 e. The summed E-state index contributed by atoms with van der Waals surface area (Å²) < 4.78 is 21.9. The van der Waals surface area contributed by atoms with Gasteiger partial charge in [0, 0.05) is 143 Å². The number of hydrogen-bond donors (Lipinski definition) is 0. The van der Waals surface area contributed by atoms with E-state index in [0.29, 0.717) is 52.8 Å². The van der Waals surface area contributed by atoms with Crippen LogP contribution in [0.1, 0.15) is 299 Å². The molecule has 0 saturated carbocycles. The molecule has 562 valence electrons. The van der Waals surface area contributed by atoms with Gasteiger partial charge in [0.15, 0.2) is 12.3 Å². The fraction of sp³-hybridized carbons (Fsp3) is 0.610. The molecule has 0 unspecified atom stereocenters. The van der Waals surface area contributed by atoms with Gasteiger partial charge in [-0.2, -0.15) is 5.10 Å². The van der Waals surface area contributed by atoms with Crippen molar-refractivity contribution in [2.24, 2.45) is 52.7 Å². The molecule has 1 aliphatic heterocycles. The van der Waals surface area contributed by atoms with Crippen molar-refractivity contribution >= 4 is 28.9 Å². The van der Waals surface area contributed by atoms with Gasteiger partial charge in [0.25, 0.3) is 0 Å². The predicted molar refractivity (Wildman–Crippen MR) is 420 cm³/mol. The van der Waals surface area contributed by atoms with Gasteiger partial charge in [0.2, 0.25) is 0 Å². The van der Waals surface area contributed by atoms with Gasteiger partial charge >= 0.3 is 0 Å². The Morgan fingerprint density at radius 3 is 1.31 bits per heavy atom. The highest BCUT2D eigenvalue weighted by Gasteiger charge is 2.18. The molecule has 1 aliphatic rings. The lowest BCUT2D eigenvalue weighted by molar-refractivity contribution is 0.456. The van der Waals surface area contributed by atoms with Crippen LogP contribution in [0.25, 0.3) is 0 Å². The molecule has 101 heavy (non-hydrogen) atoms. The summed E-state index contributed by atoms with van der Waals surface area (Å²) in [7, 11) is 11.8. The van der Waals surface area contributed by atoms with Crippen LogP contribution in [0.3, 0.4) is 0 Å². The average molecular weight is 1430 g/mol. The second kappa shape index (κ2) is 44.5. The molecule has 0 radical (unpaired) electrons. The van der Waals surface area contributed by atoms with E-state index < -0.39 is 0 Å². The molecule has 11 heterocycles. The van der Waals surface area contributed by atoms with E-state index in [1.54, 1.807) is 46.1 Å². The average Bonchev–Trinajstić information content (AvgIpc) is 1.79. The zero-order valence-electron chi connectivity index (χ0n) is 68.6. The minimum atomic E-state index is 0.119. The van der Waals surface area contributed by atoms with E-state index in [-0.39, 0.29) is 10.8 Å². The van der Waals surface area contributed by atoms with Crippen LogP contribution >= 0.6 is 22.7 Å². The summed E-state index contributed by atoms with van der Waals surface area (Å²) in [5.41, 5.74) is 8.79. The molecule has 10 aromatic heterocycles. The summed E-state index contributed by atoms with van der Waals surface area (Å²) in [6.45, 7) is 62.4. The normalized spacial score (nSPS) is 11.6. The number of allylic oxidation sites excluding steroid dienone is 1. The van der Waals surface area contributed by atoms with Crippen LogP contribution in [0.5, 0.6) is 0 Å². The second-order valence-corrected chi connectivity index (χ2v) is 32.6. The fourth-order valence-electron chi connectivity index (χ4n) is 8.39. The largest absolute Gasteiger partial charge is 0.448 e.